The largest absolute Gasteiger partial charge is 0.339 e. The van der Waals surface area contributed by atoms with E-state index in [0.717, 1.165) is 31.4 Å². The first-order chi connectivity index (χ1) is 14.8. The molecule has 1 aromatic carbocycles. The molecule has 10 heteroatoms. The highest BCUT2D eigenvalue weighted by atomic mass is 32.2. The third-order valence-corrected chi connectivity index (χ3v) is 6.29. The molecule has 31 heavy (non-hydrogen) atoms. The molecule has 0 radical (unpaired) electrons. The van der Waals surface area contributed by atoms with Crippen LogP contribution < -0.4 is 10.2 Å². The van der Waals surface area contributed by atoms with Crippen molar-refractivity contribution in [1.29, 1.82) is 0 Å². The van der Waals surface area contributed by atoms with Gasteiger partial charge < -0.3 is 4.52 Å². The average molecular weight is 451 g/mol. The number of benzene rings is 1. The maximum atomic E-state index is 11.8. The van der Waals surface area contributed by atoms with Gasteiger partial charge in [0, 0.05) is 23.6 Å². The van der Waals surface area contributed by atoms with Crippen LogP contribution >= 0.6 is 0 Å². The highest BCUT2D eigenvalue weighted by molar-refractivity contribution is 7.92. The first-order valence-corrected chi connectivity index (χ1v) is 12.6. The number of aromatic nitrogens is 2. The van der Waals surface area contributed by atoms with Crippen LogP contribution in [0.1, 0.15) is 69.6 Å². The zero-order chi connectivity index (χ0) is 22.3. The number of carbonyl (C=O) groups is 1. The summed E-state index contributed by atoms with van der Waals surface area (Å²) in [6, 6.07) is 6.63. The number of nitrogens with one attached hydrogen (secondary N) is 2. The van der Waals surface area contributed by atoms with E-state index in [0.29, 0.717) is 23.0 Å². The Kier molecular flexibility index (Phi) is 8.03. The number of nitrogens with zero attached hydrogens (tertiary/aromatic N) is 2. The minimum Gasteiger partial charge on any atom is -0.339 e. The Balaban J connectivity index is 1.66. The van der Waals surface area contributed by atoms with Gasteiger partial charge in [-0.1, -0.05) is 50.1 Å². The zero-order valence-electron chi connectivity index (χ0n) is 17.7. The van der Waals surface area contributed by atoms with E-state index in [1.165, 1.54) is 32.1 Å². The number of hydroxylamine groups is 1. The summed E-state index contributed by atoms with van der Waals surface area (Å²) in [6.45, 7) is 0. The molecule has 170 valence electrons. The lowest BCUT2D eigenvalue weighted by molar-refractivity contribution is -0.129. The monoisotopic (exact) mass is 450 g/mol. The Morgan fingerprint density at radius 1 is 1.23 bits per heavy atom. The average Bonchev–Trinajstić information content (AvgIpc) is 3.23. The summed E-state index contributed by atoms with van der Waals surface area (Å²) in [5, 5.41) is 13.0. The molecule has 1 saturated carbocycles. The van der Waals surface area contributed by atoms with E-state index in [9.17, 15) is 13.2 Å². The lowest BCUT2D eigenvalue weighted by Gasteiger charge is -2.22. The molecule has 1 atom stereocenters. The van der Waals surface area contributed by atoms with Gasteiger partial charge in [-0.25, -0.2) is 13.9 Å². The number of amides is 1. The summed E-state index contributed by atoms with van der Waals surface area (Å²) >= 11 is 0. The van der Waals surface area contributed by atoms with E-state index >= 15 is 0 Å². The van der Waals surface area contributed by atoms with Crippen molar-refractivity contribution >= 4 is 21.6 Å². The van der Waals surface area contributed by atoms with E-state index in [1.54, 1.807) is 29.7 Å². The lowest BCUT2D eigenvalue weighted by atomic mass is 9.84. The SMILES string of the molecule is CS(=O)(=O)Nc1ccc(-c2noc([C@H](CCCC3CCCCC3)CC(=O)NO)n2)cc1. The van der Waals surface area contributed by atoms with Gasteiger partial charge in [0.2, 0.25) is 27.6 Å². The molecule has 9 nitrogen and oxygen atoms in total. The maximum absolute atomic E-state index is 11.8. The molecule has 1 aromatic heterocycles. The van der Waals surface area contributed by atoms with E-state index < -0.39 is 15.9 Å². The van der Waals surface area contributed by atoms with Crippen LogP contribution in [0.5, 0.6) is 0 Å². The van der Waals surface area contributed by atoms with Gasteiger partial charge in [-0.3, -0.25) is 14.7 Å². The van der Waals surface area contributed by atoms with Crippen molar-refractivity contribution < 1.29 is 22.9 Å². The van der Waals surface area contributed by atoms with Gasteiger partial charge in [0.1, 0.15) is 0 Å². The molecule has 0 aliphatic heterocycles. The fraction of sp³-hybridized carbons (Fsp3) is 0.571. The van der Waals surface area contributed by atoms with Crippen molar-refractivity contribution in [3.05, 3.63) is 30.2 Å². The fourth-order valence-corrected chi connectivity index (χ4v) is 4.69. The molecule has 3 rings (SSSR count). The van der Waals surface area contributed by atoms with Crippen LogP contribution in [0, 0.1) is 5.92 Å². The Morgan fingerprint density at radius 2 is 1.94 bits per heavy atom. The number of anilines is 1. The first-order valence-electron chi connectivity index (χ1n) is 10.7. The molecular formula is C21H30N4O5S. The summed E-state index contributed by atoms with van der Waals surface area (Å²) in [6.07, 6.45) is 10.4. The van der Waals surface area contributed by atoms with Gasteiger partial charge in [0.25, 0.3) is 0 Å². The van der Waals surface area contributed by atoms with Gasteiger partial charge in [-0.2, -0.15) is 4.98 Å². The third-order valence-electron chi connectivity index (χ3n) is 5.68. The van der Waals surface area contributed by atoms with Crippen LogP contribution in [0.4, 0.5) is 5.69 Å². The number of carbonyl (C=O) groups excluding carboxylic acids is 1. The van der Waals surface area contributed by atoms with Crippen LogP contribution in [0.2, 0.25) is 0 Å². The minimum absolute atomic E-state index is 0.0695. The lowest BCUT2D eigenvalue weighted by Crippen LogP contribution is -2.21. The number of hydrogen-bond donors (Lipinski definition) is 3. The Morgan fingerprint density at radius 3 is 2.58 bits per heavy atom. The molecule has 0 spiro atoms. The summed E-state index contributed by atoms with van der Waals surface area (Å²) in [7, 11) is -3.35. The van der Waals surface area contributed by atoms with Crippen molar-refractivity contribution in [2.75, 3.05) is 11.0 Å². The molecular weight excluding hydrogens is 420 g/mol. The van der Waals surface area contributed by atoms with Gasteiger partial charge in [-0.05, 0) is 36.6 Å². The Hall–Kier alpha value is -2.46. The van der Waals surface area contributed by atoms with Crippen LogP contribution in [-0.4, -0.2) is 35.9 Å². The summed E-state index contributed by atoms with van der Waals surface area (Å²) in [4.78, 5) is 16.2. The molecule has 3 N–H and O–H groups in total. The van der Waals surface area contributed by atoms with Crippen LogP contribution in [0.15, 0.2) is 28.8 Å². The van der Waals surface area contributed by atoms with Crippen LogP contribution in [0.25, 0.3) is 11.4 Å². The van der Waals surface area contributed by atoms with Gasteiger partial charge in [-0.15, -0.1) is 0 Å². The summed E-state index contributed by atoms with van der Waals surface area (Å²) in [5.74, 6) is 0.711. The van der Waals surface area contributed by atoms with Crippen molar-refractivity contribution in [2.24, 2.45) is 5.92 Å². The normalized spacial score (nSPS) is 16.1. The third kappa shape index (κ3) is 7.32. The van der Waals surface area contributed by atoms with Gasteiger partial charge >= 0.3 is 0 Å². The molecule has 1 heterocycles. The second-order valence-electron chi connectivity index (χ2n) is 8.28. The topological polar surface area (TPSA) is 134 Å². The second kappa shape index (κ2) is 10.7. The number of hydrogen-bond acceptors (Lipinski definition) is 7. The van der Waals surface area contributed by atoms with E-state index in [1.807, 2.05) is 0 Å². The maximum Gasteiger partial charge on any atom is 0.244 e. The highest BCUT2D eigenvalue weighted by Gasteiger charge is 2.23. The van der Waals surface area contributed by atoms with Crippen molar-refractivity contribution in [2.45, 2.75) is 63.7 Å². The van der Waals surface area contributed by atoms with Gasteiger partial charge in [0.05, 0.1) is 6.26 Å². The summed E-state index contributed by atoms with van der Waals surface area (Å²) in [5.41, 5.74) is 2.79. The summed E-state index contributed by atoms with van der Waals surface area (Å²) < 4.78 is 30.5. The Labute approximate surface area is 182 Å². The first kappa shape index (κ1) is 23.2. The quantitative estimate of drug-likeness (QED) is 0.370. The molecule has 0 saturated heterocycles. The highest BCUT2D eigenvalue weighted by Crippen LogP contribution is 2.31. The van der Waals surface area contributed by atoms with E-state index in [-0.39, 0.29) is 12.3 Å². The number of rotatable bonds is 10. The molecule has 2 aromatic rings. The van der Waals surface area contributed by atoms with E-state index in [4.69, 9.17) is 9.73 Å². The van der Waals surface area contributed by atoms with Crippen molar-refractivity contribution in [1.82, 2.24) is 15.6 Å². The fourth-order valence-electron chi connectivity index (χ4n) is 4.13. The van der Waals surface area contributed by atoms with Crippen LogP contribution in [-0.2, 0) is 14.8 Å². The van der Waals surface area contributed by atoms with E-state index in [2.05, 4.69) is 14.9 Å². The van der Waals surface area contributed by atoms with Crippen molar-refractivity contribution in [3.8, 4) is 11.4 Å². The smallest absolute Gasteiger partial charge is 0.244 e. The Bertz CT molecular complexity index is 952. The second-order valence-corrected chi connectivity index (χ2v) is 10.0. The molecule has 1 aliphatic rings. The molecule has 1 amide bonds. The van der Waals surface area contributed by atoms with Gasteiger partial charge in [0.15, 0.2) is 0 Å². The standard InChI is InChI=1S/C21H30N4O5S/c1-31(28,29)25-18-12-10-16(11-13-18)20-22-21(30-24-20)17(14-19(26)23-27)9-5-8-15-6-3-2-4-7-15/h10-13,15,17,25,27H,2-9,14H2,1H3,(H,23,26)/t17-/m1/s1. The predicted octanol–water partition coefficient (Wildman–Crippen LogP) is 3.84. The van der Waals surface area contributed by atoms with Crippen molar-refractivity contribution in [3.63, 3.8) is 0 Å². The number of sulfonamides is 1. The molecule has 0 unspecified atom stereocenters. The van der Waals surface area contributed by atoms with Crippen LogP contribution in [0.3, 0.4) is 0 Å². The molecule has 1 fully saturated rings. The zero-order valence-corrected chi connectivity index (χ0v) is 18.5. The predicted molar refractivity (Wildman–Crippen MR) is 116 cm³/mol. The minimum atomic E-state index is -3.35. The molecule has 1 aliphatic carbocycles. The molecule has 0 bridgehead atoms.